The summed E-state index contributed by atoms with van der Waals surface area (Å²) in [6.07, 6.45) is 3.30. The predicted molar refractivity (Wildman–Crippen MR) is 75.0 cm³/mol. The van der Waals surface area contributed by atoms with Crippen molar-refractivity contribution in [2.75, 3.05) is 19.0 Å². The van der Waals surface area contributed by atoms with Gasteiger partial charge in [-0.25, -0.2) is 9.97 Å². The van der Waals surface area contributed by atoms with Crippen molar-refractivity contribution in [1.82, 2.24) is 19.7 Å². The fourth-order valence-electron chi connectivity index (χ4n) is 1.88. The van der Waals surface area contributed by atoms with Crippen molar-refractivity contribution < 1.29 is 9.47 Å². The molecule has 1 unspecified atom stereocenters. The first-order chi connectivity index (χ1) is 9.63. The zero-order valence-corrected chi connectivity index (χ0v) is 12.1. The molecule has 2 heterocycles. The van der Waals surface area contributed by atoms with E-state index in [0.717, 1.165) is 11.4 Å². The van der Waals surface area contributed by atoms with Gasteiger partial charge in [-0.1, -0.05) is 0 Å². The molecule has 0 fully saturated rings. The summed E-state index contributed by atoms with van der Waals surface area (Å²) < 4.78 is 12.4. The van der Waals surface area contributed by atoms with Crippen molar-refractivity contribution in [3.8, 4) is 11.6 Å². The molecule has 20 heavy (non-hydrogen) atoms. The molecule has 0 aromatic carbocycles. The Morgan fingerprint density at radius 1 is 1.40 bits per heavy atom. The van der Waals surface area contributed by atoms with E-state index in [1.165, 1.54) is 6.33 Å². The quantitative estimate of drug-likeness (QED) is 0.867. The molecule has 7 nitrogen and oxygen atoms in total. The summed E-state index contributed by atoms with van der Waals surface area (Å²) in [4.78, 5) is 8.20. The average Bonchev–Trinajstić information content (AvgIpc) is 2.81. The van der Waals surface area contributed by atoms with Gasteiger partial charge >= 0.3 is 0 Å². The van der Waals surface area contributed by atoms with Crippen LogP contribution in [0.2, 0.25) is 0 Å². The van der Waals surface area contributed by atoms with Crippen molar-refractivity contribution in [1.29, 1.82) is 0 Å². The first-order valence-corrected chi connectivity index (χ1v) is 6.43. The van der Waals surface area contributed by atoms with E-state index in [-0.39, 0.29) is 6.04 Å². The minimum absolute atomic E-state index is 0.0458. The molecule has 2 aromatic heterocycles. The number of nitrogens with one attached hydrogen (secondary N) is 1. The second-order valence-corrected chi connectivity index (χ2v) is 4.30. The van der Waals surface area contributed by atoms with E-state index in [1.807, 2.05) is 27.1 Å². The first kappa shape index (κ1) is 14.1. The predicted octanol–water partition coefficient (Wildman–Crippen LogP) is 1.79. The average molecular weight is 277 g/mol. The van der Waals surface area contributed by atoms with E-state index >= 15 is 0 Å². The minimum atomic E-state index is -0.0458. The number of aromatic nitrogens is 4. The van der Waals surface area contributed by atoms with Crippen LogP contribution in [-0.2, 0) is 7.05 Å². The summed E-state index contributed by atoms with van der Waals surface area (Å²) in [5.41, 5.74) is 0.826. The second kappa shape index (κ2) is 6.23. The Hall–Kier alpha value is -2.31. The number of anilines is 1. The molecule has 0 spiro atoms. The highest BCUT2D eigenvalue weighted by molar-refractivity contribution is 5.41. The number of hydrogen-bond donors (Lipinski definition) is 1. The maximum absolute atomic E-state index is 5.35. The SMILES string of the molecule is CCOc1cc(NC(C)c2nn(C)cc2OC)ncn1. The van der Waals surface area contributed by atoms with Crippen LogP contribution in [0.25, 0.3) is 0 Å². The van der Waals surface area contributed by atoms with Crippen molar-refractivity contribution in [3.63, 3.8) is 0 Å². The van der Waals surface area contributed by atoms with E-state index < -0.39 is 0 Å². The van der Waals surface area contributed by atoms with E-state index in [1.54, 1.807) is 17.9 Å². The van der Waals surface area contributed by atoms with Gasteiger partial charge in [0.2, 0.25) is 5.88 Å². The second-order valence-electron chi connectivity index (χ2n) is 4.30. The summed E-state index contributed by atoms with van der Waals surface area (Å²) in [6.45, 7) is 4.48. The Morgan fingerprint density at radius 3 is 2.90 bits per heavy atom. The van der Waals surface area contributed by atoms with Crippen LogP contribution in [0.3, 0.4) is 0 Å². The highest BCUT2D eigenvalue weighted by Gasteiger charge is 2.16. The summed E-state index contributed by atoms with van der Waals surface area (Å²) in [7, 11) is 3.49. The van der Waals surface area contributed by atoms with Crippen LogP contribution in [0, 0.1) is 0 Å². The fraction of sp³-hybridized carbons (Fsp3) is 0.462. The number of methoxy groups -OCH3 is 1. The van der Waals surface area contributed by atoms with Crippen LogP contribution in [0.4, 0.5) is 5.82 Å². The van der Waals surface area contributed by atoms with Crippen molar-refractivity contribution in [2.24, 2.45) is 7.05 Å². The monoisotopic (exact) mass is 277 g/mol. The minimum Gasteiger partial charge on any atom is -0.493 e. The smallest absolute Gasteiger partial charge is 0.218 e. The summed E-state index contributed by atoms with van der Waals surface area (Å²) in [5, 5.41) is 7.65. The maximum Gasteiger partial charge on any atom is 0.218 e. The normalized spacial score (nSPS) is 12.0. The van der Waals surface area contributed by atoms with Gasteiger partial charge in [0, 0.05) is 13.1 Å². The molecule has 0 bridgehead atoms. The molecule has 0 aliphatic carbocycles. The van der Waals surface area contributed by atoms with Crippen LogP contribution >= 0.6 is 0 Å². The van der Waals surface area contributed by atoms with Crippen LogP contribution < -0.4 is 14.8 Å². The van der Waals surface area contributed by atoms with Gasteiger partial charge in [0.05, 0.1) is 26.0 Å². The van der Waals surface area contributed by atoms with Gasteiger partial charge < -0.3 is 14.8 Å². The molecule has 1 atom stereocenters. The highest BCUT2D eigenvalue weighted by Crippen LogP contribution is 2.25. The molecular weight excluding hydrogens is 258 g/mol. The van der Waals surface area contributed by atoms with Crippen LogP contribution in [0.15, 0.2) is 18.6 Å². The zero-order chi connectivity index (χ0) is 14.5. The van der Waals surface area contributed by atoms with Gasteiger partial charge in [-0.05, 0) is 13.8 Å². The van der Waals surface area contributed by atoms with Gasteiger partial charge in [0.1, 0.15) is 17.8 Å². The summed E-state index contributed by atoms with van der Waals surface area (Å²) >= 11 is 0. The van der Waals surface area contributed by atoms with Gasteiger partial charge in [-0.3, -0.25) is 4.68 Å². The third-order valence-corrected chi connectivity index (χ3v) is 2.75. The zero-order valence-electron chi connectivity index (χ0n) is 12.1. The lowest BCUT2D eigenvalue weighted by Crippen LogP contribution is -2.10. The molecule has 0 saturated heterocycles. The van der Waals surface area contributed by atoms with Crippen LogP contribution in [0.1, 0.15) is 25.6 Å². The molecule has 0 aliphatic rings. The Morgan fingerprint density at radius 2 is 2.20 bits per heavy atom. The number of nitrogens with zero attached hydrogens (tertiary/aromatic N) is 4. The summed E-state index contributed by atoms with van der Waals surface area (Å²) in [5.74, 6) is 1.97. The Balaban J connectivity index is 2.14. The highest BCUT2D eigenvalue weighted by atomic mass is 16.5. The lowest BCUT2D eigenvalue weighted by molar-refractivity contribution is 0.326. The van der Waals surface area contributed by atoms with Crippen molar-refractivity contribution in [3.05, 3.63) is 24.3 Å². The summed E-state index contributed by atoms with van der Waals surface area (Å²) in [6, 6.07) is 1.71. The number of aryl methyl sites for hydroxylation is 1. The molecule has 1 N–H and O–H groups in total. The molecular formula is C13H19N5O2. The number of rotatable bonds is 6. The molecule has 108 valence electrons. The molecule has 0 amide bonds. The third kappa shape index (κ3) is 3.17. The van der Waals surface area contributed by atoms with Gasteiger partial charge in [0.25, 0.3) is 0 Å². The van der Waals surface area contributed by atoms with E-state index in [4.69, 9.17) is 9.47 Å². The number of hydrogen-bond acceptors (Lipinski definition) is 6. The van der Waals surface area contributed by atoms with E-state index in [2.05, 4.69) is 20.4 Å². The van der Waals surface area contributed by atoms with Gasteiger partial charge in [-0.2, -0.15) is 5.10 Å². The Labute approximate surface area is 118 Å². The molecule has 2 rings (SSSR count). The molecule has 0 aliphatic heterocycles. The lowest BCUT2D eigenvalue weighted by Gasteiger charge is -2.13. The molecule has 2 aromatic rings. The Bertz CT molecular complexity index is 570. The van der Waals surface area contributed by atoms with Crippen LogP contribution in [0.5, 0.6) is 11.6 Å². The third-order valence-electron chi connectivity index (χ3n) is 2.75. The first-order valence-electron chi connectivity index (χ1n) is 6.43. The molecule has 7 heteroatoms. The lowest BCUT2D eigenvalue weighted by atomic mass is 10.2. The van der Waals surface area contributed by atoms with E-state index in [9.17, 15) is 0 Å². The molecule has 0 radical (unpaired) electrons. The fourth-order valence-corrected chi connectivity index (χ4v) is 1.88. The van der Waals surface area contributed by atoms with E-state index in [0.29, 0.717) is 18.3 Å². The standard InChI is InChI=1S/C13H19N5O2/c1-5-20-12-6-11(14-8-15-12)16-9(2)13-10(19-4)7-18(3)17-13/h6-9H,5H2,1-4H3,(H,14,15,16). The van der Waals surface area contributed by atoms with Crippen molar-refractivity contribution >= 4 is 5.82 Å². The maximum atomic E-state index is 5.35. The van der Waals surface area contributed by atoms with Crippen LogP contribution in [-0.4, -0.2) is 33.5 Å². The topological polar surface area (TPSA) is 74.1 Å². The van der Waals surface area contributed by atoms with Crippen molar-refractivity contribution in [2.45, 2.75) is 19.9 Å². The Kier molecular flexibility index (Phi) is 4.39. The number of ether oxygens (including phenoxy) is 2. The largest absolute Gasteiger partial charge is 0.493 e. The van der Waals surface area contributed by atoms with Gasteiger partial charge in [-0.15, -0.1) is 0 Å². The van der Waals surface area contributed by atoms with Gasteiger partial charge in [0.15, 0.2) is 5.75 Å². The molecule has 0 saturated carbocycles.